The van der Waals surface area contributed by atoms with Crippen molar-refractivity contribution in [3.63, 3.8) is 0 Å². The summed E-state index contributed by atoms with van der Waals surface area (Å²) in [5, 5.41) is 0. The average Bonchev–Trinajstić information content (AvgIpc) is 2.94. The number of nitrogen functional groups attached to an aromatic ring is 1. The lowest BCUT2D eigenvalue weighted by Gasteiger charge is -2.21. The minimum Gasteiger partial charge on any atom is -0.383 e. The van der Waals surface area contributed by atoms with Gasteiger partial charge in [-0.05, 0) is 17.9 Å². The van der Waals surface area contributed by atoms with Crippen molar-refractivity contribution in [3.05, 3.63) is 29.8 Å². The van der Waals surface area contributed by atoms with Crippen LogP contribution in [0, 0.1) is 11.8 Å². The average molecular weight is 473 g/mol. The van der Waals surface area contributed by atoms with Gasteiger partial charge in [0, 0.05) is 37.1 Å². The van der Waals surface area contributed by atoms with Gasteiger partial charge in [-0.25, -0.2) is 9.97 Å². The van der Waals surface area contributed by atoms with E-state index in [9.17, 15) is 39.5 Å². The molecule has 0 amide bonds. The third kappa shape index (κ3) is 4.64. The van der Waals surface area contributed by atoms with E-state index >= 15 is 0 Å². The molecule has 14 heteroatoms. The fourth-order valence-corrected chi connectivity index (χ4v) is 4.36. The highest BCUT2D eigenvalue weighted by Gasteiger charge is 2.58. The van der Waals surface area contributed by atoms with E-state index in [1.54, 1.807) is 0 Å². The van der Waals surface area contributed by atoms with E-state index < -0.39 is 54.7 Å². The molecule has 2 aromatic heterocycles. The van der Waals surface area contributed by atoms with E-state index in [-0.39, 0.29) is 36.2 Å². The molecule has 1 aliphatic carbocycles. The second kappa shape index (κ2) is 7.25. The Kier molecular flexibility index (Phi) is 5.14. The SMILES string of the molecule is Nc1ncc(-c2cn(C3C4CN(CC(F)(F)F)CC43)c(CC(F)(F)F)n2)cc1C(F)(F)F. The first-order valence-electron chi connectivity index (χ1n) is 9.39. The number of halogens is 9. The van der Waals surface area contributed by atoms with Crippen LogP contribution in [0.25, 0.3) is 11.3 Å². The molecule has 0 aromatic carbocycles. The summed E-state index contributed by atoms with van der Waals surface area (Å²) >= 11 is 0. The maximum atomic E-state index is 13.1. The van der Waals surface area contributed by atoms with Gasteiger partial charge in [-0.15, -0.1) is 0 Å². The largest absolute Gasteiger partial charge is 0.419 e. The Hall–Kier alpha value is -2.51. The zero-order valence-corrected chi connectivity index (χ0v) is 16.1. The molecule has 0 radical (unpaired) electrons. The zero-order valence-electron chi connectivity index (χ0n) is 16.1. The topological polar surface area (TPSA) is 60.0 Å². The third-order valence-electron chi connectivity index (χ3n) is 5.64. The second-order valence-corrected chi connectivity index (χ2v) is 8.02. The lowest BCUT2D eigenvalue weighted by Crippen LogP contribution is -2.34. The minimum atomic E-state index is -4.82. The van der Waals surface area contributed by atoms with E-state index in [1.807, 2.05) is 0 Å². The van der Waals surface area contributed by atoms with Crippen LogP contribution < -0.4 is 5.73 Å². The zero-order chi connectivity index (χ0) is 23.6. The van der Waals surface area contributed by atoms with Crippen molar-refractivity contribution in [3.8, 4) is 11.3 Å². The molecule has 2 N–H and O–H groups in total. The summed E-state index contributed by atoms with van der Waals surface area (Å²) in [7, 11) is 0. The van der Waals surface area contributed by atoms with Gasteiger partial charge in [-0.2, -0.15) is 39.5 Å². The Bertz CT molecular complexity index is 996. The molecule has 1 aliphatic heterocycles. The predicted molar refractivity (Wildman–Crippen MR) is 93.1 cm³/mol. The van der Waals surface area contributed by atoms with Crippen LogP contribution in [0.5, 0.6) is 0 Å². The van der Waals surface area contributed by atoms with Gasteiger partial charge >= 0.3 is 18.5 Å². The first kappa shape index (κ1) is 22.7. The number of hydrogen-bond acceptors (Lipinski definition) is 4. The highest BCUT2D eigenvalue weighted by Crippen LogP contribution is 2.56. The number of fused-ring (bicyclic) bond motifs is 1. The number of alkyl halides is 9. The molecule has 32 heavy (non-hydrogen) atoms. The molecule has 176 valence electrons. The number of pyridine rings is 1. The van der Waals surface area contributed by atoms with Gasteiger partial charge in [0.15, 0.2) is 0 Å². The van der Waals surface area contributed by atoms with Gasteiger partial charge in [0.05, 0.1) is 17.8 Å². The van der Waals surface area contributed by atoms with E-state index in [4.69, 9.17) is 5.73 Å². The molecule has 4 rings (SSSR count). The maximum Gasteiger partial charge on any atom is 0.419 e. The number of anilines is 1. The molecule has 5 nitrogen and oxygen atoms in total. The van der Waals surface area contributed by atoms with E-state index in [0.717, 1.165) is 6.20 Å². The molecular weight excluding hydrogens is 457 g/mol. The number of hydrogen-bond donors (Lipinski definition) is 1. The summed E-state index contributed by atoms with van der Waals surface area (Å²) in [5.74, 6) is -1.78. The normalized spacial score (nSPS) is 24.1. The van der Waals surface area contributed by atoms with Crippen molar-refractivity contribution in [2.75, 3.05) is 25.4 Å². The Labute approximate surface area is 175 Å². The van der Waals surface area contributed by atoms with E-state index in [2.05, 4.69) is 9.97 Å². The fourth-order valence-electron chi connectivity index (χ4n) is 4.36. The molecule has 3 heterocycles. The lowest BCUT2D eigenvalue weighted by atomic mass is 10.1. The Balaban J connectivity index is 1.63. The van der Waals surface area contributed by atoms with Crippen LogP contribution in [0.1, 0.15) is 17.4 Å². The van der Waals surface area contributed by atoms with Crippen LogP contribution in [-0.2, 0) is 12.6 Å². The molecule has 2 unspecified atom stereocenters. The van der Waals surface area contributed by atoms with Crippen LogP contribution in [-0.4, -0.2) is 51.4 Å². The third-order valence-corrected chi connectivity index (χ3v) is 5.64. The number of aromatic nitrogens is 3. The Morgan fingerprint density at radius 1 is 0.969 bits per heavy atom. The van der Waals surface area contributed by atoms with Crippen molar-refractivity contribution >= 4 is 5.82 Å². The van der Waals surface area contributed by atoms with E-state index in [1.165, 1.54) is 15.7 Å². The van der Waals surface area contributed by atoms with Gasteiger partial charge < -0.3 is 10.3 Å². The maximum absolute atomic E-state index is 13.1. The van der Waals surface area contributed by atoms with Crippen molar-refractivity contribution in [1.29, 1.82) is 0 Å². The van der Waals surface area contributed by atoms with Crippen LogP contribution >= 0.6 is 0 Å². The summed E-state index contributed by atoms with van der Waals surface area (Å²) in [6.45, 7) is -0.973. The van der Waals surface area contributed by atoms with Gasteiger partial charge in [0.1, 0.15) is 18.1 Å². The quantitative estimate of drug-likeness (QED) is 0.673. The fraction of sp³-hybridized carbons (Fsp3) is 0.556. The molecule has 2 fully saturated rings. The molecule has 2 aromatic rings. The van der Waals surface area contributed by atoms with Crippen LogP contribution in [0.15, 0.2) is 18.5 Å². The van der Waals surface area contributed by atoms with Crippen molar-refractivity contribution < 1.29 is 39.5 Å². The molecular formula is C18H16F9N5. The molecule has 1 saturated heterocycles. The predicted octanol–water partition coefficient (Wildman–Crippen LogP) is 4.32. The Morgan fingerprint density at radius 2 is 1.59 bits per heavy atom. The standard InChI is InChI=1S/C18H16F9N5/c19-16(20,21)2-13-30-12(8-1-11(18(25,26)27)15(28)29-3-8)6-32(13)14-9-4-31(5-10(9)14)7-17(22,23)24/h1,3,6,9-10,14H,2,4-5,7H2,(H2,28,29). The monoisotopic (exact) mass is 473 g/mol. The summed E-state index contributed by atoms with van der Waals surface area (Å²) in [6.07, 6.45) is -13.1. The number of imidazole rings is 1. The van der Waals surface area contributed by atoms with Gasteiger partial charge in [0.25, 0.3) is 0 Å². The minimum absolute atomic E-state index is 0.0649. The van der Waals surface area contributed by atoms with Crippen molar-refractivity contribution in [2.45, 2.75) is 31.0 Å². The molecule has 0 bridgehead atoms. The number of nitrogens with zero attached hydrogens (tertiary/aromatic N) is 4. The van der Waals surface area contributed by atoms with Crippen LogP contribution in [0.3, 0.4) is 0 Å². The summed E-state index contributed by atoms with van der Waals surface area (Å²) in [6, 6.07) is 0.160. The molecule has 0 spiro atoms. The first-order chi connectivity index (χ1) is 14.6. The van der Waals surface area contributed by atoms with Gasteiger partial charge in [-0.3, -0.25) is 4.90 Å². The summed E-state index contributed by atoms with van der Waals surface area (Å²) in [5.41, 5.74) is 3.69. The van der Waals surface area contributed by atoms with Crippen molar-refractivity contribution in [1.82, 2.24) is 19.4 Å². The first-order valence-corrected chi connectivity index (χ1v) is 9.39. The molecule has 2 atom stereocenters. The molecule has 1 saturated carbocycles. The summed E-state index contributed by atoms with van der Waals surface area (Å²) in [4.78, 5) is 8.54. The number of rotatable bonds is 4. The van der Waals surface area contributed by atoms with E-state index in [0.29, 0.717) is 6.07 Å². The van der Waals surface area contributed by atoms with Crippen LogP contribution in [0.4, 0.5) is 45.3 Å². The lowest BCUT2D eigenvalue weighted by molar-refractivity contribution is -0.145. The second-order valence-electron chi connectivity index (χ2n) is 8.02. The number of piperidine rings is 1. The summed E-state index contributed by atoms with van der Waals surface area (Å²) < 4.78 is 118. The van der Waals surface area contributed by atoms with Gasteiger partial charge in [0.2, 0.25) is 0 Å². The van der Waals surface area contributed by atoms with Crippen LogP contribution in [0.2, 0.25) is 0 Å². The Morgan fingerprint density at radius 3 is 2.12 bits per heavy atom. The van der Waals surface area contributed by atoms with Crippen molar-refractivity contribution in [2.24, 2.45) is 11.8 Å². The number of likely N-dealkylation sites (tertiary alicyclic amines) is 1. The number of nitrogens with two attached hydrogens (primary N) is 1. The highest BCUT2D eigenvalue weighted by molar-refractivity contribution is 5.62. The van der Waals surface area contributed by atoms with Gasteiger partial charge in [-0.1, -0.05) is 0 Å². The molecule has 2 aliphatic rings. The smallest absolute Gasteiger partial charge is 0.383 e. The highest BCUT2D eigenvalue weighted by atomic mass is 19.4.